The van der Waals surface area contributed by atoms with Gasteiger partial charge in [0.05, 0.1) is 0 Å². The number of β-lactam (4-membered cyclic amide) rings is 1. The Morgan fingerprint density at radius 2 is 1.81 bits per heavy atom. The lowest BCUT2D eigenvalue weighted by Gasteiger charge is -2.49. The van der Waals surface area contributed by atoms with E-state index in [0.29, 0.717) is 4.90 Å². The fourth-order valence-corrected chi connectivity index (χ4v) is 5.80. The van der Waals surface area contributed by atoms with E-state index in [4.69, 9.17) is 15.6 Å². The first-order valence-corrected chi connectivity index (χ1v) is 13.3. The minimum atomic E-state index is -5.08. The highest BCUT2D eigenvalue weighted by Crippen LogP contribution is 2.41. The molecule has 0 unspecified atom stereocenters. The normalized spacial score (nSPS) is 21.7. The van der Waals surface area contributed by atoms with E-state index in [0.717, 1.165) is 28.0 Å². The van der Waals surface area contributed by atoms with Gasteiger partial charge in [0.2, 0.25) is 5.91 Å². The monoisotopic (exact) mass is 660 g/mol. The Morgan fingerprint density at radius 1 is 1.19 bits per heavy atom. The molecule has 0 aliphatic carbocycles. The number of carbonyl (C=O) groups excluding carboxylic acids is 3. The fourth-order valence-electron chi connectivity index (χ4n) is 3.95. The number of nitrogen functional groups attached to an aromatic ring is 1. The van der Waals surface area contributed by atoms with Crippen LogP contribution in [0.15, 0.2) is 33.5 Å². The molecule has 1 aromatic heterocycles. The number of amides is 3. The molecule has 0 bridgehead atoms. The van der Waals surface area contributed by atoms with Crippen molar-refractivity contribution in [1.82, 2.24) is 20.1 Å². The first-order valence-electron chi connectivity index (χ1n) is 11.4. The SMILES string of the molecule is Nc1nc(C(=NO)C(=O)N[C@@H]2C(=O)N3C(C(=O)O)=C(C=C4CCN(CC(F)(F)F)C4=O)CS[C@H]23)cs1.O=C(O)C(F)(F)F. The second kappa shape index (κ2) is 12.5. The highest BCUT2D eigenvalue weighted by Gasteiger charge is 2.54. The predicted molar refractivity (Wildman–Crippen MR) is 134 cm³/mol. The van der Waals surface area contributed by atoms with Crippen molar-refractivity contribution in [3.63, 3.8) is 0 Å². The molecule has 3 aliphatic rings. The molecule has 1 aromatic rings. The summed E-state index contributed by atoms with van der Waals surface area (Å²) in [6.45, 7) is -1.57. The highest BCUT2D eigenvalue weighted by atomic mass is 32.2. The van der Waals surface area contributed by atoms with Crippen LogP contribution in [0.1, 0.15) is 12.1 Å². The van der Waals surface area contributed by atoms with Crippen molar-refractivity contribution in [3.8, 4) is 0 Å². The van der Waals surface area contributed by atoms with Crippen molar-refractivity contribution in [2.24, 2.45) is 5.16 Å². The summed E-state index contributed by atoms with van der Waals surface area (Å²) in [6, 6.07) is -1.14. The lowest BCUT2D eigenvalue weighted by Crippen LogP contribution is -2.71. The number of carbonyl (C=O) groups is 5. The van der Waals surface area contributed by atoms with Gasteiger partial charge in [0.1, 0.15) is 29.4 Å². The van der Waals surface area contributed by atoms with E-state index in [1.165, 1.54) is 11.5 Å². The summed E-state index contributed by atoms with van der Waals surface area (Å²) in [6.07, 6.45) is -8.44. The molecular weight excluding hydrogens is 642 g/mol. The molecule has 4 heterocycles. The maximum Gasteiger partial charge on any atom is 0.490 e. The largest absolute Gasteiger partial charge is 0.490 e. The van der Waals surface area contributed by atoms with E-state index < -0.39 is 71.4 Å². The second-order valence-electron chi connectivity index (χ2n) is 8.62. The number of thioether (sulfide) groups is 1. The number of oxime groups is 1. The fraction of sp³-hybridized carbons (Fsp3) is 0.381. The number of carboxylic acid groups (broad SMARTS) is 2. The Hall–Kier alpha value is -4.34. The summed E-state index contributed by atoms with van der Waals surface area (Å²) in [7, 11) is 0. The smallest absolute Gasteiger partial charge is 0.477 e. The third-order valence-corrected chi connectivity index (χ3v) is 7.72. The van der Waals surface area contributed by atoms with E-state index in [2.05, 4.69) is 15.5 Å². The van der Waals surface area contributed by atoms with Crippen LogP contribution >= 0.6 is 23.1 Å². The minimum Gasteiger partial charge on any atom is -0.477 e. The number of aliphatic carboxylic acids is 2. The second-order valence-corrected chi connectivity index (χ2v) is 10.6. The van der Waals surface area contributed by atoms with Gasteiger partial charge in [-0.25, -0.2) is 14.6 Å². The number of nitrogens with zero attached hydrogens (tertiary/aromatic N) is 4. The predicted octanol–water partition coefficient (Wildman–Crippen LogP) is 0.996. The van der Waals surface area contributed by atoms with Gasteiger partial charge in [-0.05, 0) is 18.1 Å². The summed E-state index contributed by atoms with van der Waals surface area (Å²) in [4.78, 5) is 64.0. The molecule has 234 valence electrons. The van der Waals surface area contributed by atoms with E-state index in [1.807, 2.05) is 0 Å². The maximum atomic E-state index is 12.8. The van der Waals surface area contributed by atoms with Crippen LogP contribution in [-0.4, -0.2) is 108 Å². The number of hydrogen-bond acceptors (Lipinski definition) is 11. The molecule has 3 aliphatic heterocycles. The maximum absolute atomic E-state index is 12.8. The van der Waals surface area contributed by atoms with Gasteiger partial charge in [-0.1, -0.05) is 5.16 Å². The minimum absolute atomic E-state index is 0.00353. The van der Waals surface area contributed by atoms with Gasteiger partial charge < -0.3 is 31.4 Å². The molecule has 3 amide bonds. The number of halogens is 6. The van der Waals surface area contributed by atoms with Gasteiger partial charge in [0.25, 0.3) is 11.8 Å². The highest BCUT2D eigenvalue weighted by molar-refractivity contribution is 8.00. The van der Waals surface area contributed by atoms with Gasteiger partial charge in [0.15, 0.2) is 10.8 Å². The molecule has 14 nitrogen and oxygen atoms in total. The number of thiazole rings is 1. The van der Waals surface area contributed by atoms with Crippen molar-refractivity contribution >= 4 is 63.6 Å². The number of fused-ring (bicyclic) bond motifs is 1. The van der Waals surface area contributed by atoms with Gasteiger partial charge >= 0.3 is 24.3 Å². The van der Waals surface area contributed by atoms with Crippen LogP contribution in [0.25, 0.3) is 0 Å². The number of nitrogens with one attached hydrogen (secondary N) is 1. The molecule has 43 heavy (non-hydrogen) atoms. The van der Waals surface area contributed by atoms with Crippen LogP contribution in [0.3, 0.4) is 0 Å². The van der Waals surface area contributed by atoms with Crippen LogP contribution in [0.4, 0.5) is 31.5 Å². The summed E-state index contributed by atoms with van der Waals surface area (Å²) in [5.41, 5.74) is 4.69. The molecular formula is C21H18F6N6O8S2. The molecule has 4 rings (SSSR count). The molecule has 6 N–H and O–H groups in total. The van der Waals surface area contributed by atoms with E-state index in [-0.39, 0.29) is 40.7 Å². The Balaban J connectivity index is 0.000000646. The lowest BCUT2D eigenvalue weighted by atomic mass is 10.0. The zero-order valence-corrected chi connectivity index (χ0v) is 22.6. The summed E-state index contributed by atoms with van der Waals surface area (Å²) < 4.78 is 69.7. The standard InChI is InChI=1S/C19H17F3N6O6S2.C2HF3O2/c20-19(21,22)6-27-2-1-7(14(27)30)3-8-4-35-16-11(15(31)28(16)12(8)17(32)33)25-13(29)10(26-34)9-5-36-18(23)24-9;3-2(4,5)1(6)7/h3,5,11,16,34H,1-2,4,6H2,(H2,23,24)(H,25,29)(H,32,33);(H,6,7)/t11-,16-;/m1./s1. The van der Waals surface area contributed by atoms with Crippen LogP contribution in [-0.2, 0) is 24.0 Å². The lowest BCUT2D eigenvalue weighted by molar-refractivity contribution is -0.192. The third-order valence-electron chi connectivity index (χ3n) is 5.74. The van der Waals surface area contributed by atoms with Crippen molar-refractivity contribution in [1.29, 1.82) is 0 Å². The Bertz CT molecular complexity index is 1440. The number of allylic oxidation sites excluding steroid dienone is 1. The molecule has 22 heteroatoms. The summed E-state index contributed by atoms with van der Waals surface area (Å²) in [5, 5.41) is 32.1. The van der Waals surface area contributed by atoms with Gasteiger partial charge in [-0.2, -0.15) is 26.3 Å². The van der Waals surface area contributed by atoms with Crippen LogP contribution < -0.4 is 11.1 Å². The summed E-state index contributed by atoms with van der Waals surface area (Å²) >= 11 is 2.09. The average Bonchev–Trinajstić information content (AvgIpc) is 3.46. The topological polar surface area (TPSA) is 216 Å². The van der Waals surface area contributed by atoms with Gasteiger partial charge in [0, 0.05) is 23.3 Å². The Morgan fingerprint density at radius 3 is 2.30 bits per heavy atom. The Kier molecular flexibility index (Phi) is 9.63. The van der Waals surface area contributed by atoms with Crippen molar-refractivity contribution in [2.45, 2.75) is 30.2 Å². The molecule has 2 saturated heterocycles. The number of anilines is 1. The van der Waals surface area contributed by atoms with E-state index in [1.54, 1.807) is 0 Å². The first kappa shape index (κ1) is 33.2. The van der Waals surface area contributed by atoms with Crippen molar-refractivity contribution in [2.75, 3.05) is 24.6 Å². The average molecular weight is 661 g/mol. The molecule has 0 spiro atoms. The van der Waals surface area contributed by atoms with E-state index in [9.17, 15) is 55.8 Å². The number of aromatic nitrogens is 1. The zero-order chi connectivity index (χ0) is 32.4. The Labute approximate surface area is 243 Å². The van der Waals surface area contributed by atoms with Crippen LogP contribution in [0, 0.1) is 0 Å². The first-order chi connectivity index (χ1) is 19.9. The number of likely N-dealkylation sites (tertiary alicyclic amines) is 1. The van der Waals surface area contributed by atoms with Crippen molar-refractivity contribution < 1.29 is 65.7 Å². The molecule has 0 aromatic carbocycles. The number of alkyl halides is 6. The van der Waals surface area contributed by atoms with Gasteiger partial charge in [-0.3, -0.25) is 19.3 Å². The molecule has 0 saturated carbocycles. The number of carboxylic acids is 2. The number of nitrogens with two attached hydrogens (primary N) is 1. The van der Waals surface area contributed by atoms with E-state index >= 15 is 0 Å². The summed E-state index contributed by atoms with van der Waals surface area (Å²) in [5.74, 6) is -6.76. The third kappa shape index (κ3) is 7.55. The van der Waals surface area contributed by atoms with Gasteiger partial charge in [-0.15, -0.1) is 23.1 Å². The molecule has 0 radical (unpaired) electrons. The number of rotatable bonds is 6. The quantitative estimate of drug-likeness (QED) is 0.0724. The van der Waals surface area contributed by atoms with Crippen molar-refractivity contribution in [3.05, 3.63) is 34.0 Å². The zero-order valence-electron chi connectivity index (χ0n) is 21.0. The number of hydrogen-bond donors (Lipinski definition) is 5. The van der Waals surface area contributed by atoms with Crippen LogP contribution in [0.2, 0.25) is 0 Å². The molecule has 2 fully saturated rings. The molecule has 2 atom stereocenters. The van der Waals surface area contributed by atoms with Crippen LogP contribution in [0.5, 0.6) is 0 Å².